The van der Waals surface area contributed by atoms with Gasteiger partial charge in [-0.1, -0.05) is 75.7 Å². The molecule has 2 amide bonds. The van der Waals surface area contributed by atoms with Crippen molar-refractivity contribution in [2.75, 3.05) is 7.05 Å². The van der Waals surface area contributed by atoms with E-state index in [2.05, 4.69) is 50.6 Å². The highest BCUT2D eigenvalue weighted by molar-refractivity contribution is 5.93. The number of benzene rings is 2. The van der Waals surface area contributed by atoms with Crippen molar-refractivity contribution in [1.82, 2.24) is 10.2 Å². The first kappa shape index (κ1) is 24.0. The van der Waals surface area contributed by atoms with E-state index in [1.54, 1.807) is 11.9 Å². The molecule has 4 nitrogen and oxygen atoms in total. The van der Waals surface area contributed by atoms with Crippen LogP contribution >= 0.6 is 0 Å². The van der Waals surface area contributed by atoms with E-state index in [1.807, 2.05) is 36.4 Å². The minimum absolute atomic E-state index is 0.108. The third kappa shape index (κ3) is 6.86. The zero-order valence-electron chi connectivity index (χ0n) is 19.0. The van der Waals surface area contributed by atoms with Crippen molar-refractivity contribution in [3.8, 4) is 11.8 Å². The standard InChI is InChI=1S/C27H32N2O2/c1-6-24-21(13-10-15-23(24)19-29(5)27(31)7-2)14-11-17-26(30)28-18-22-12-8-9-16-25(22)20(3)4/h7-10,12-13,15-16,20H,2,6,14,18-19H2,1,3-5H3,(H,28,30). The second kappa shape index (κ2) is 11.8. The topological polar surface area (TPSA) is 49.4 Å². The fraction of sp³-hybridized carbons (Fsp3) is 0.333. The highest BCUT2D eigenvalue weighted by Gasteiger charge is 2.11. The summed E-state index contributed by atoms with van der Waals surface area (Å²) in [6, 6.07) is 14.2. The summed E-state index contributed by atoms with van der Waals surface area (Å²) < 4.78 is 0. The molecule has 0 bridgehead atoms. The van der Waals surface area contributed by atoms with Crippen molar-refractivity contribution in [3.05, 3.63) is 82.9 Å². The molecular weight excluding hydrogens is 384 g/mol. The van der Waals surface area contributed by atoms with Gasteiger partial charge in [0.2, 0.25) is 5.91 Å². The molecule has 0 heterocycles. The Hall–Kier alpha value is -3.32. The maximum absolute atomic E-state index is 12.2. The Morgan fingerprint density at radius 3 is 2.45 bits per heavy atom. The van der Waals surface area contributed by atoms with E-state index in [0.29, 0.717) is 25.4 Å². The van der Waals surface area contributed by atoms with Crippen molar-refractivity contribution < 1.29 is 9.59 Å². The van der Waals surface area contributed by atoms with Gasteiger partial charge in [-0.2, -0.15) is 0 Å². The van der Waals surface area contributed by atoms with Gasteiger partial charge in [-0.25, -0.2) is 0 Å². The van der Waals surface area contributed by atoms with Gasteiger partial charge >= 0.3 is 0 Å². The molecule has 0 radical (unpaired) electrons. The molecule has 0 aromatic heterocycles. The molecule has 0 aliphatic carbocycles. The highest BCUT2D eigenvalue weighted by atomic mass is 16.2. The van der Waals surface area contributed by atoms with E-state index < -0.39 is 0 Å². The van der Waals surface area contributed by atoms with E-state index in [9.17, 15) is 9.59 Å². The molecule has 0 atom stereocenters. The maximum atomic E-state index is 12.2. The predicted molar refractivity (Wildman–Crippen MR) is 126 cm³/mol. The number of amides is 2. The first-order chi connectivity index (χ1) is 14.9. The van der Waals surface area contributed by atoms with Gasteiger partial charge in [0, 0.05) is 26.6 Å². The van der Waals surface area contributed by atoms with E-state index in [1.165, 1.54) is 17.2 Å². The molecule has 4 heteroatoms. The molecule has 2 rings (SSSR count). The number of nitrogens with zero attached hydrogens (tertiary/aromatic N) is 1. The Bertz CT molecular complexity index is 996. The maximum Gasteiger partial charge on any atom is 0.296 e. The molecule has 2 aromatic rings. The number of hydrogen-bond acceptors (Lipinski definition) is 2. The van der Waals surface area contributed by atoms with Gasteiger partial charge in [0.05, 0.1) is 0 Å². The Morgan fingerprint density at radius 1 is 1.10 bits per heavy atom. The average molecular weight is 417 g/mol. The molecule has 0 aliphatic rings. The van der Waals surface area contributed by atoms with Gasteiger partial charge in [0.25, 0.3) is 5.91 Å². The number of hydrogen-bond donors (Lipinski definition) is 1. The van der Waals surface area contributed by atoms with Crippen LogP contribution in [0.15, 0.2) is 55.1 Å². The van der Waals surface area contributed by atoms with Crippen LogP contribution in [0.4, 0.5) is 0 Å². The van der Waals surface area contributed by atoms with Crippen molar-refractivity contribution in [2.45, 2.75) is 52.6 Å². The molecule has 0 saturated heterocycles. The summed E-state index contributed by atoms with van der Waals surface area (Å²) >= 11 is 0. The van der Waals surface area contributed by atoms with Crippen LogP contribution in [-0.4, -0.2) is 23.8 Å². The van der Waals surface area contributed by atoms with Crippen LogP contribution in [0.5, 0.6) is 0 Å². The van der Waals surface area contributed by atoms with Gasteiger partial charge in [-0.3, -0.25) is 9.59 Å². The molecule has 0 fully saturated rings. The van der Waals surface area contributed by atoms with Crippen molar-refractivity contribution in [1.29, 1.82) is 0 Å². The second-order valence-corrected chi connectivity index (χ2v) is 7.82. The molecule has 0 aliphatic heterocycles. The minimum Gasteiger partial charge on any atom is -0.341 e. The lowest BCUT2D eigenvalue weighted by molar-refractivity contribution is -0.125. The lowest BCUT2D eigenvalue weighted by Crippen LogP contribution is -2.24. The quantitative estimate of drug-likeness (QED) is 0.513. The predicted octanol–water partition coefficient (Wildman–Crippen LogP) is 4.38. The largest absolute Gasteiger partial charge is 0.341 e. The number of carbonyl (C=O) groups is 2. The van der Waals surface area contributed by atoms with Gasteiger partial charge < -0.3 is 10.2 Å². The normalized spacial score (nSPS) is 10.2. The monoisotopic (exact) mass is 416 g/mol. The zero-order valence-corrected chi connectivity index (χ0v) is 19.0. The molecule has 31 heavy (non-hydrogen) atoms. The molecule has 0 spiro atoms. The van der Waals surface area contributed by atoms with Crippen LogP contribution in [0.3, 0.4) is 0 Å². The van der Waals surface area contributed by atoms with Crippen LogP contribution in [0.25, 0.3) is 0 Å². The lowest BCUT2D eigenvalue weighted by atomic mass is 9.96. The van der Waals surface area contributed by atoms with Crippen molar-refractivity contribution in [3.63, 3.8) is 0 Å². The third-order valence-corrected chi connectivity index (χ3v) is 5.28. The third-order valence-electron chi connectivity index (χ3n) is 5.28. The van der Waals surface area contributed by atoms with Gasteiger partial charge in [-0.05, 0) is 52.2 Å². The average Bonchev–Trinajstić information content (AvgIpc) is 2.77. The first-order valence-corrected chi connectivity index (χ1v) is 10.7. The van der Waals surface area contributed by atoms with Gasteiger partial charge in [0.15, 0.2) is 0 Å². The minimum atomic E-state index is -0.274. The number of likely N-dealkylation sites (N-methyl/N-ethyl adjacent to an activating group) is 1. The summed E-state index contributed by atoms with van der Waals surface area (Å²) in [5.74, 6) is 5.74. The second-order valence-electron chi connectivity index (χ2n) is 7.82. The van der Waals surface area contributed by atoms with E-state index in [4.69, 9.17) is 0 Å². The summed E-state index contributed by atoms with van der Waals surface area (Å²) in [6.07, 6.45) is 2.65. The molecular formula is C27H32N2O2. The van der Waals surface area contributed by atoms with Gasteiger partial charge in [0.1, 0.15) is 0 Å². The summed E-state index contributed by atoms with van der Waals surface area (Å²) in [7, 11) is 1.76. The summed E-state index contributed by atoms with van der Waals surface area (Å²) in [5.41, 5.74) is 5.71. The lowest BCUT2D eigenvalue weighted by Gasteiger charge is -2.19. The Labute approximate surface area is 186 Å². The Morgan fingerprint density at radius 2 is 1.77 bits per heavy atom. The van der Waals surface area contributed by atoms with Crippen LogP contribution in [0.1, 0.15) is 54.5 Å². The molecule has 0 saturated carbocycles. The SMILES string of the molecule is C=CC(=O)N(C)Cc1cccc(CC#CC(=O)NCc2ccccc2C(C)C)c1CC. The fourth-order valence-corrected chi connectivity index (χ4v) is 3.64. The number of carbonyl (C=O) groups excluding carboxylic acids is 2. The van der Waals surface area contributed by atoms with Crippen molar-refractivity contribution >= 4 is 11.8 Å². The molecule has 0 unspecified atom stereocenters. The fourth-order valence-electron chi connectivity index (χ4n) is 3.64. The molecule has 2 aromatic carbocycles. The first-order valence-electron chi connectivity index (χ1n) is 10.7. The summed E-state index contributed by atoms with van der Waals surface area (Å²) in [4.78, 5) is 25.7. The van der Waals surface area contributed by atoms with E-state index in [0.717, 1.165) is 23.1 Å². The Balaban J connectivity index is 2.04. The zero-order chi connectivity index (χ0) is 22.8. The van der Waals surface area contributed by atoms with E-state index >= 15 is 0 Å². The van der Waals surface area contributed by atoms with Crippen LogP contribution in [-0.2, 0) is 35.5 Å². The molecule has 1 N–H and O–H groups in total. The van der Waals surface area contributed by atoms with Gasteiger partial charge in [-0.15, -0.1) is 0 Å². The number of nitrogens with one attached hydrogen (secondary N) is 1. The number of rotatable bonds is 8. The Kier molecular flexibility index (Phi) is 9.09. The van der Waals surface area contributed by atoms with Crippen molar-refractivity contribution in [2.24, 2.45) is 0 Å². The molecule has 162 valence electrons. The van der Waals surface area contributed by atoms with E-state index in [-0.39, 0.29) is 11.8 Å². The highest BCUT2D eigenvalue weighted by Crippen LogP contribution is 2.19. The summed E-state index contributed by atoms with van der Waals surface area (Å²) in [5, 5.41) is 2.90. The smallest absolute Gasteiger partial charge is 0.296 e. The summed E-state index contributed by atoms with van der Waals surface area (Å²) in [6.45, 7) is 10.9. The van der Waals surface area contributed by atoms with Crippen LogP contribution < -0.4 is 5.32 Å². The van der Waals surface area contributed by atoms with Crippen LogP contribution in [0, 0.1) is 11.8 Å². The van der Waals surface area contributed by atoms with Crippen LogP contribution in [0.2, 0.25) is 0 Å².